The van der Waals surface area contributed by atoms with Gasteiger partial charge in [-0.3, -0.25) is 9.59 Å². The molecule has 0 saturated carbocycles. The van der Waals surface area contributed by atoms with Crippen LogP contribution in [0.25, 0.3) is 0 Å². The van der Waals surface area contributed by atoms with Gasteiger partial charge in [0.1, 0.15) is 23.4 Å². The molecule has 0 aromatic heterocycles. The van der Waals surface area contributed by atoms with Crippen LogP contribution in [0.2, 0.25) is 0 Å². The Morgan fingerprint density at radius 2 is 1.90 bits per heavy atom. The summed E-state index contributed by atoms with van der Waals surface area (Å²) in [7, 11) is 1.37. The van der Waals surface area contributed by atoms with E-state index in [1.807, 2.05) is 0 Å². The molecule has 0 saturated heterocycles. The lowest BCUT2D eigenvalue weighted by Gasteiger charge is -2.10. The molecular formula is C15H12FNO3. The molecule has 4 nitrogen and oxygen atoms in total. The van der Waals surface area contributed by atoms with Crippen LogP contribution in [0.3, 0.4) is 0 Å². The maximum atomic E-state index is 13.7. The largest absolute Gasteiger partial charge is 0.496 e. The fourth-order valence-corrected chi connectivity index (χ4v) is 1.73. The van der Waals surface area contributed by atoms with Crippen molar-refractivity contribution in [2.45, 2.75) is 0 Å². The van der Waals surface area contributed by atoms with E-state index in [-0.39, 0.29) is 11.3 Å². The minimum atomic E-state index is -0.661. The number of anilines is 1. The van der Waals surface area contributed by atoms with Crippen LogP contribution in [0.1, 0.15) is 20.7 Å². The monoisotopic (exact) mass is 273 g/mol. The van der Waals surface area contributed by atoms with Crippen LogP contribution in [0, 0.1) is 5.82 Å². The van der Waals surface area contributed by atoms with Crippen LogP contribution in [0.5, 0.6) is 5.75 Å². The number of nitrogens with one attached hydrogen (secondary N) is 1. The minimum Gasteiger partial charge on any atom is -0.496 e. The molecule has 20 heavy (non-hydrogen) atoms. The predicted molar refractivity (Wildman–Crippen MR) is 72.7 cm³/mol. The molecule has 0 fully saturated rings. The van der Waals surface area contributed by atoms with Crippen LogP contribution in [-0.2, 0) is 0 Å². The molecule has 5 heteroatoms. The van der Waals surface area contributed by atoms with Gasteiger partial charge in [-0.15, -0.1) is 0 Å². The third-order valence-corrected chi connectivity index (χ3v) is 2.73. The van der Waals surface area contributed by atoms with Crippen molar-refractivity contribution < 1.29 is 18.7 Å². The highest BCUT2D eigenvalue weighted by molar-refractivity contribution is 6.06. The molecule has 2 aromatic rings. The normalized spacial score (nSPS) is 9.90. The molecular weight excluding hydrogens is 261 g/mol. The van der Waals surface area contributed by atoms with Crippen molar-refractivity contribution in [2.24, 2.45) is 0 Å². The Labute approximate surface area is 115 Å². The van der Waals surface area contributed by atoms with Gasteiger partial charge in [0, 0.05) is 11.3 Å². The SMILES string of the molecule is COc1cccc(F)c1C(=O)Nc1ccc(C=O)cc1. The lowest BCUT2D eigenvalue weighted by molar-refractivity contribution is 0.101. The summed E-state index contributed by atoms with van der Waals surface area (Å²) < 4.78 is 18.7. The van der Waals surface area contributed by atoms with Gasteiger partial charge in [-0.2, -0.15) is 0 Å². The molecule has 0 aliphatic carbocycles. The van der Waals surface area contributed by atoms with Crippen LogP contribution >= 0.6 is 0 Å². The van der Waals surface area contributed by atoms with Crippen molar-refractivity contribution in [3.63, 3.8) is 0 Å². The molecule has 0 bridgehead atoms. The van der Waals surface area contributed by atoms with Crippen molar-refractivity contribution >= 4 is 17.9 Å². The minimum absolute atomic E-state index is 0.158. The Hall–Kier alpha value is -2.69. The highest BCUT2D eigenvalue weighted by Crippen LogP contribution is 2.22. The molecule has 0 unspecified atom stereocenters. The first kappa shape index (κ1) is 13.7. The molecule has 0 spiro atoms. The average molecular weight is 273 g/mol. The first-order valence-electron chi connectivity index (χ1n) is 5.85. The number of halogens is 1. The van der Waals surface area contributed by atoms with Gasteiger partial charge >= 0.3 is 0 Å². The van der Waals surface area contributed by atoms with E-state index < -0.39 is 11.7 Å². The molecule has 0 atom stereocenters. The summed E-state index contributed by atoms with van der Waals surface area (Å²) >= 11 is 0. The summed E-state index contributed by atoms with van der Waals surface area (Å²) in [6.07, 6.45) is 0.700. The number of amides is 1. The number of benzene rings is 2. The molecule has 1 N–H and O–H groups in total. The van der Waals surface area contributed by atoms with Crippen LogP contribution in [0.15, 0.2) is 42.5 Å². The number of carbonyl (C=O) groups is 2. The lowest BCUT2D eigenvalue weighted by Crippen LogP contribution is -2.15. The highest BCUT2D eigenvalue weighted by atomic mass is 19.1. The Kier molecular flexibility index (Phi) is 4.10. The van der Waals surface area contributed by atoms with E-state index in [1.165, 1.54) is 25.3 Å². The molecule has 2 rings (SSSR count). The summed E-state index contributed by atoms with van der Waals surface area (Å²) in [5, 5.41) is 2.55. The summed E-state index contributed by atoms with van der Waals surface area (Å²) in [4.78, 5) is 22.6. The Bertz CT molecular complexity index is 638. The first-order valence-corrected chi connectivity index (χ1v) is 5.85. The molecule has 102 valence electrons. The van der Waals surface area contributed by atoms with Gasteiger partial charge in [0.15, 0.2) is 0 Å². The number of aldehydes is 1. The maximum absolute atomic E-state index is 13.7. The maximum Gasteiger partial charge on any atom is 0.262 e. The van der Waals surface area contributed by atoms with Crippen molar-refractivity contribution in [2.75, 3.05) is 12.4 Å². The van der Waals surface area contributed by atoms with Crippen LogP contribution in [0.4, 0.5) is 10.1 Å². The fourth-order valence-electron chi connectivity index (χ4n) is 1.73. The fraction of sp³-hybridized carbons (Fsp3) is 0.0667. The molecule has 2 aromatic carbocycles. The summed E-state index contributed by atoms with van der Waals surface area (Å²) in [6.45, 7) is 0. The summed E-state index contributed by atoms with van der Waals surface area (Å²) in [6, 6.07) is 10.4. The second kappa shape index (κ2) is 5.97. The molecule has 1 amide bonds. The number of rotatable bonds is 4. The summed E-state index contributed by atoms with van der Waals surface area (Å²) in [5.74, 6) is -1.11. The molecule has 0 aliphatic heterocycles. The van der Waals surface area contributed by atoms with E-state index in [1.54, 1.807) is 24.3 Å². The van der Waals surface area contributed by atoms with E-state index in [0.29, 0.717) is 17.5 Å². The van der Waals surface area contributed by atoms with Gasteiger partial charge in [0.25, 0.3) is 5.91 Å². The van der Waals surface area contributed by atoms with Crippen molar-refractivity contribution in [3.8, 4) is 5.75 Å². The number of hydrogen-bond donors (Lipinski definition) is 1. The third-order valence-electron chi connectivity index (χ3n) is 2.73. The quantitative estimate of drug-likeness (QED) is 0.871. The third kappa shape index (κ3) is 2.83. The highest BCUT2D eigenvalue weighted by Gasteiger charge is 2.17. The lowest BCUT2D eigenvalue weighted by atomic mass is 10.1. The van der Waals surface area contributed by atoms with Crippen LogP contribution in [-0.4, -0.2) is 19.3 Å². The Morgan fingerprint density at radius 1 is 1.20 bits per heavy atom. The van der Waals surface area contributed by atoms with E-state index in [0.717, 1.165) is 0 Å². The van der Waals surface area contributed by atoms with Crippen molar-refractivity contribution in [3.05, 3.63) is 59.4 Å². The predicted octanol–water partition coefficient (Wildman–Crippen LogP) is 2.90. The Balaban J connectivity index is 2.25. The zero-order valence-corrected chi connectivity index (χ0v) is 10.7. The molecule has 0 aliphatic rings. The van der Waals surface area contributed by atoms with E-state index >= 15 is 0 Å². The van der Waals surface area contributed by atoms with Crippen LogP contribution < -0.4 is 10.1 Å². The van der Waals surface area contributed by atoms with Gasteiger partial charge in [-0.25, -0.2) is 4.39 Å². The number of methoxy groups -OCH3 is 1. The van der Waals surface area contributed by atoms with Gasteiger partial charge in [-0.1, -0.05) is 6.07 Å². The second-order valence-electron chi connectivity index (χ2n) is 4.01. The standard InChI is InChI=1S/C15H12FNO3/c1-20-13-4-2-3-12(16)14(13)15(19)17-11-7-5-10(9-18)6-8-11/h2-9H,1H3,(H,17,19). The molecule has 0 heterocycles. The van der Waals surface area contributed by atoms with E-state index in [4.69, 9.17) is 4.74 Å². The van der Waals surface area contributed by atoms with Crippen molar-refractivity contribution in [1.82, 2.24) is 0 Å². The van der Waals surface area contributed by atoms with E-state index in [9.17, 15) is 14.0 Å². The first-order chi connectivity index (χ1) is 9.65. The van der Waals surface area contributed by atoms with Gasteiger partial charge < -0.3 is 10.1 Å². The second-order valence-corrected chi connectivity index (χ2v) is 4.01. The average Bonchev–Trinajstić information content (AvgIpc) is 2.47. The Morgan fingerprint density at radius 3 is 2.50 bits per heavy atom. The molecule has 0 radical (unpaired) electrons. The van der Waals surface area contributed by atoms with Gasteiger partial charge in [0.05, 0.1) is 7.11 Å². The smallest absolute Gasteiger partial charge is 0.262 e. The topological polar surface area (TPSA) is 55.4 Å². The van der Waals surface area contributed by atoms with E-state index in [2.05, 4.69) is 5.32 Å². The van der Waals surface area contributed by atoms with Crippen molar-refractivity contribution in [1.29, 1.82) is 0 Å². The number of hydrogen-bond acceptors (Lipinski definition) is 3. The zero-order valence-electron chi connectivity index (χ0n) is 10.7. The van der Waals surface area contributed by atoms with Gasteiger partial charge in [0.2, 0.25) is 0 Å². The summed E-state index contributed by atoms with van der Waals surface area (Å²) in [5.41, 5.74) is 0.798. The zero-order chi connectivity index (χ0) is 14.5. The van der Waals surface area contributed by atoms with Gasteiger partial charge in [-0.05, 0) is 36.4 Å². The number of ether oxygens (including phenoxy) is 1. The number of carbonyl (C=O) groups excluding carboxylic acids is 2.